The highest BCUT2D eigenvalue weighted by atomic mass is 15.3. The minimum atomic E-state index is 0.278. The molecule has 0 amide bonds. The maximum Gasteiger partial charge on any atom is 0.129 e. The molecule has 0 unspecified atom stereocenters. The predicted molar refractivity (Wildman–Crippen MR) is 90.2 cm³/mol. The van der Waals surface area contributed by atoms with Crippen LogP contribution in [0.3, 0.4) is 0 Å². The molecule has 114 valence electrons. The van der Waals surface area contributed by atoms with Gasteiger partial charge in [0.05, 0.1) is 5.69 Å². The Hall–Kier alpha value is -2.43. The second-order valence-corrected chi connectivity index (χ2v) is 6.00. The molecule has 5 heteroatoms. The fourth-order valence-corrected chi connectivity index (χ4v) is 2.63. The minimum Gasteiger partial charge on any atom is -0.363 e. The number of hydrogen-bond acceptors (Lipinski definition) is 4. The van der Waals surface area contributed by atoms with Crippen molar-refractivity contribution in [1.82, 2.24) is 19.7 Å². The Morgan fingerprint density at radius 3 is 2.59 bits per heavy atom. The lowest BCUT2D eigenvalue weighted by Crippen LogP contribution is -2.11. The third-order valence-electron chi connectivity index (χ3n) is 3.78. The Morgan fingerprint density at radius 2 is 1.91 bits per heavy atom. The van der Waals surface area contributed by atoms with E-state index in [4.69, 9.17) is 4.98 Å². The van der Waals surface area contributed by atoms with Crippen molar-refractivity contribution >= 4 is 16.7 Å². The van der Waals surface area contributed by atoms with Crippen molar-refractivity contribution in [2.45, 2.75) is 26.8 Å². The van der Waals surface area contributed by atoms with Crippen LogP contribution in [0.4, 0.5) is 5.82 Å². The second kappa shape index (κ2) is 5.40. The molecular weight excluding hydrogens is 274 g/mol. The Kier molecular flexibility index (Phi) is 3.56. The fourth-order valence-electron chi connectivity index (χ4n) is 2.63. The Labute approximate surface area is 130 Å². The highest BCUT2D eigenvalue weighted by molar-refractivity contribution is 5.93. The van der Waals surface area contributed by atoms with Crippen molar-refractivity contribution in [3.8, 4) is 11.4 Å². The van der Waals surface area contributed by atoms with Crippen molar-refractivity contribution in [2.75, 3.05) is 19.0 Å². The molecule has 0 saturated heterocycles. The zero-order valence-corrected chi connectivity index (χ0v) is 13.7. The van der Waals surface area contributed by atoms with Crippen molar-refractivity contribution in [3.05, 3.63) is 36.2 Å². The molecular formula is C17H21N5. The molecule has 0 atom stereocenters. The van der Waals surface area contributed by atoms with Gasteiger partial charge < -0.3 is 4.90 Å². The largest absolute Gasteiger partial charge is 0.363 e. The molecule has 5 nitrogen and oxygen atoms in total. The average molecular weight is 295 g/mol. The van der Waals surface area contributed by atoms with E-state index in [2.05, 4.69) is 36.9 Å². The Bertz CT molecular complexity index is 817. The molecule has 0 N–H and O–H groups in total. The molecule has 0 aliphatic rings. The van der Waals surface area contributed by atoms with Crippen LogP contribution in [0.25, 0.3) is 22.3 Å². The summed E-state index contributed by atoms with van der Waals surface area (Å²) >= 11 is 0. The van der Waals surface area contributed by atoms with Crippen molar-refractivity contribution < 1.29 is 0 Å². The summed E-state index contributed by atoms with van der Waals surface area (Å²) in [5, 5.41) is 5.55. The summed E-state index contributed by atoms with van der Waals surface area (Å²) in [4.78, 5) is 11.4. The molecule has 0 spiro atoms. The quantitative estimate of drug-likeness (QED) is 0.742. The van der Waals surface area contributed by atoms with E-state index in [-0.39, 0.29) is 6.04 Å². The highest BCUT2D eigenvalue weighted by Crippen LogP contribution is 2.30. The van der Waals surface area contributed by atoms with E-state index in [1.165, 1.54) is 5.56 Å². The van der Waals surface area contributed by atoms with Gasteiger partial charge in [0.1, 0.15) is 17.0 Å². The minimum absolute atomic E-state index is 0.278. The molecule has 22 heavy (non-hydrogen) atoms. The first kappa shape index (κ1) is 14.5. The van der Waals surface area contributed by atoms with Crippen LogP contribution in [-0.4, -0.2) is 33.8 Å². The standard InChI is InChI=1S/C17H21N5/c1-11(2)22-14(7-9-19-22)17-16-13(6-8-18-17)12(3)10-15(20-16)21(4)5/h6-11H,1-5H3. The van der Waals surface area contributed by atoms with Crippen LogP contribution < -0.4 is 4.90 Å². The highest BCUT2D eigenvalue weighted by Gasteiger charge is 2.15. The predicted octanol–water partition coefficient (Wildman–Crippen LogP) is 3.45. The number of fused-ring (bicyclic) bond motifs is 1. The first-order valence-corrected chi connectivity index (χ1v) is 7.46. The summed E-state index contributed by atoms with van der Waals surface area (Å²) in [5.41, 5.74) is 4.01. The van der Waals surface area contributed by atoms with Crippen LogP contribution in [0.1, 0.15) is 25.5 Å². The van der Waals surface area contributed by atoms with Gasteiger partial charge in [-0.2, -0.15) is 5.10 Å². The summed E-state index contributed by atoms with van der Waals surface area (Å²) in [6, 6.07) is 6.41. The molecule has 0 radical (unpaired) electrons. The van der Waals surface area contributed by atoms with Crippen LogP contribution >= 0.6 is 0 Å². The van der Waals surface area contributed by atoms with E-state index in [1.807, 2.05) is 48.2 Å². The summed E-state index contributed by atoms with van der Waals surface area (Å²) in [5.74, 6) is 0.940. The van der Waals surface area contributed by atoms with Gasteiger partial charge in [-0.25, -0.2) is 4.98 Å². The number of anilines is 1. The molecule has 0 aromatic carbocycles. The molecule has 0 saturated carbocycles. The molecule has 3 heterocycles. The van der Waals surface area contributed by atoms with Crippen LogP contribution in [0.5, 0.6) is 0 Å². The van der Waals surface area contributed by atoms with Gasteiger partial charge in [-0.1, -0.05) is 0 Å². The SMILES string of the molecule is Cc1cc(N(C)C)nc2c(-c3ccnn3C(C)C)nccc12. The molecule has 0 aliphatic heterocycles. The van der Waals surface area contributed by atoms with Gasteiger partial charge in [0.2, 0.25) is 0 Å². The topological polar surface area (TPSA) is 46.8 Å². The van der Waals surface area contributed by atoms with Gasteiger partial charge in [-0.3, -0.25) is 9.67 Å². The molecule has 3 aromatic heterocycles. The van der Waals surface area contributed by atoms with Gasteiger partial charge in [0, 0.05) is 37.9 Å². The maximum absolute atomic E-state index is 4.81. The number of hydrogen-bond donors (Lipinski definition) is 0. The van der Waals surface area contributed by atoms with E-state index < -0.39 is 0 Å². The number of rotatable bonds is 3. The van der Waals surface area contributed by atoms with Gasteiger partial charge >= 0.3 is 0 Å². The van der Waals surface area contributed by atoms with Crippen molar-refractivity contribution in [2.24, 2.45) is 0 Å². The molecule has 0 aliphatic carbocycles. The average Bonchev–Trinajstić information content (AvgIpc) is 2.96. The first-order valence-electron chi connectivity index (χ1n) is 7.46. The molecule has 0 fully saturated rings. The molecule has 3 aromatic rings. The van der Waals surface area contributed by atoms with Crippen LogP contribution in [0, 0.1) is 6.92 Å². The summed E-state index contributed by atoms with van der Waals surface area (Å²) in [7, 11) is 4.00. The lowest BCUT2D eigenvalue weighted by molar-refractivity contribution is 0.538. The van der Waals surface area contributed by atoms with E-state index in [0.717, 1.165) is 28.1 Å². The first-order chi connectivity index (χ1) is 10.5. The summed E-state index contributed by atoms with van der Waals surface area (Å²) < 4.78 is 1.99. The van der Waals surface area contributed by atoms with Gasteiger partial charge in [0.25, 0.3) is 0 Å². The van der Waals surface area contributed by atoms with E-state index in [9.17, 15) is 0 Å². The smallest absolute Gasteiger partial charge is 0.129 e. The van der Waals surface area contributed by atoms with E-state index >= 15 is 0 Å². The zero-order valence-electron chi connectivity index (χ0n) is 13.7. The number of aromatic nitrogens is 4. The van der Waals surface area contributed by atoms with Crippen LogP contribution in [0.15, 0.2) is 30.6 Å². The third kappa shape index (κ3) is 2.32. The zero-order chi connectivity index (χ0) is 15.9. The number of pyridine rings is 2. The van der Waals surface area contributed by atoms with Crippen LogP contribution in [-0.2, 0) is 0 Å². The Balaban J connectivity index is 2.32. The van der Waals surface area contributed by atoms with E-state index in [0.29, 0.717) is 0 Å². The maximum atomic E-state index is 4.81. The molecule has 0 bridgehead atoms. The van der Waals surface area contributed by atoms with Gasteiger partial charge in [0.15, 0.2) is 0 Å². The monoisotopic (exact) mass is 295 g/mol. The van der Waals surface area contributed by atoms with Crippen LogP contribution in [0.2, 0.25) is 0 Å². The van der Waals surface area contributed by atoms with Gasteiger partial charge in [-0.05, 0) is 44.5 Å². The van der Waals surface area contributed by atoms with E-state index in [1.54, 1.807) is 0 Å². The Morgan fingerprint density at radius 1 is 1.14 bits per heavy atom. The lowest BCUT2D eigenvalue weighted by Gasteiger charge is -2.16. The summed E-state index contributed by atoms with van der Waals surface area (Å²) in [6.07, 6.45) is 3.66. The second-order valence-electron chi connectivity index (χ2n) is 6.00. The number of nitrogens with zero attached hydrogens (tertiary/aromatic N) is 5. The third-order valence-corrected chi connectivity index (χ3v) is 3.78. The molecule has 3 rings (SSSR count). The van der Waals surface area contributed by atoms with Gasteiger partial charge in [-0.15, -0.1) is 0 Å². The fraction of sp³-hybridized carbons (Fsp3) is 0.353. The normalized spacial score (nSPS) is 11.4. The van der Waals surface area contributed by atoms with Crippen molar-refractivity contribution in [1.29, 1.82) is 0 Å². The number of aryl methyl sites for hydroxylation is 1. The van der Waals surface area contributed by atoms with Crippen molar-refractivity contribution in [3.63, 3.8) is 0 Å². The lowest BCUT2D eigenvalue weighted by atomic mass is 10.1. The summed E-state index contributed by atoms with van der Waals surface area (Å²) in [6.45, 7) is 6.34.